The lowest BCUT2D eigenvalue weighted by Gasteiger charge is -2.04. The Balaban J connectivity index is 1.70. The Morgan fingerprint density at radius 2 is 2.47 bits per heavy atom. The van der Waals surface area contributed by atoms with E-state index < -0.39 is 0 Å². The van der Waals surface area contributed by atoms with Crippen LogP contribution < -0.4 is 5.32 Å². The maximum atomic E-state index is 11.7. The van der Waals surface area contributed by atoms with Gasteiger partial charge >= 0.3 is 0 Å². The van der Waals surface area contributed by atoms with Crippen molar-refractivity contribution in [2.24, 2.45) is 0 Å². The number of thiophene rings is 1. The van der Waals surface area contributed by atoms with Crippen LogP contribution in [0.2, 0.25) is 0 Å². The molecule has 0 bridgehead atoms. The van der Waals surface area contributed by atoms with Crippen molar-refractivity contribution in [2.45, 2.75) is 13.0 Å². The molecule has 0 atom stereocenters. The predicted molar refractivity (Wildman–Crippen MR) is 71.2 cm³/mol. The number of halogens is 1. The summed E-state index contributed by atoms with van der Waals surface area (Å²) in [5.41, 5.74) is 0. The lowest BCUT2D eigenvalue weighted by Crippen LogP contribution is -2.24. The first-order valence-electron chi connectivity index (χ1n) is 5.23. The third kappa shape index (κ3) is 3.67. The van der Waals surface area contributed by atoms with E-state index in [9.17, 15) is 4.79 Å². The Morgan fingerprint density at radius 1 is 1.59 bits per heavy atom. The molecule has 4 nitrogen and oxygen atoms in total. The fourth-order valence-corrected chi connectivity index (χ4v) is 2.74. The highest BCUT2D eigenvalue weighted by atomic mass is 79.9. The van der Waals surface area contributed by atoms with Crippen LogP contribution in [0, 0.1) is 0 Å². The molecule has 0 saturated heterocycles. The molecule has 1 N–H and O–H groups in total. The Bertz CT molecular complexity index is 481. The smallest absolute Gasteiger partial charge is 0.261 e. The summed E-state index contributed by atoms with van der Waals surface area (Å²) >= 11 is 4.77. The number of hydrogen-bond acceptors (Lipinski definition) is 3. The lowest BCUT2D eigenvalue weighted by molar-refractivity contribution is 0.0957. The van der Waals surface area contributed by atoms with Crippen molar-refractivity contribution in [2.75, 3.05) is 6.54 Å². The number of nitrogens with one attached hydrogen (secondary N) is 1. The number of carbonyl (C=O) groups excluding carboxylic acids is 1. The monoisotopic (exact) mass is 313 g/mol. The number of hydrogen-bond donors (Lipinski definition) is 1. The number of aryl methyl sites for hydroxylation is 1. The molecule has 0 saturated carbocycles. The third-order valence-electron chi connectivity index (χ3n) is 2.23. The number of carbonyl (C=O) groups is 1. The first kappa shape index (κ1) is 12.3. The van der Waals surface area contributed by atoms with Crippen LogP contribution in [0.15, 0.2) is 34.6 Å². The molecule has 6 heteroatoms. The second-order valence-corrected chi connectivity index (χ2v) is 5.37. The maximum Gasteiger partial charge on any atom is 0.261 e. The number of nitrogens with zero attached hydrogens (tertiary/aromatic N) is 2. The zero-order valence-corrected chi connectivity index (χ0v) is 11.5. The minimum absolute atomic E-state index is 0.00803. The van der Waals surface area contributed by atoms with E-state index in [1.54, 1.807) is 12.5 Å². The Hall–Kier alpha value is -1.14. The van der Waals surface area contributed by atoms with Gasteiger partial charge in [0.05, 0.1) is 11.2 Å². The lowest BCUT2D eigenvalue weighted by atomic mass is 10.4. The first-order valence-corrected chi connectivity index (χ1v) is 6.91. The average Bonchev–Trinajstić information content (AvgIpc) is 2.95. The molecule has 0 aliphatic carbocycles. The topological polar surface area (TPSA) is 46.9 Å². The molecule has 0 aromatic carbocycles. The molecule has 2 aromatic rings. The van der Waals surface area contributed by atoms with E-state index in [1.165, 1.54) is 11.3 Å². The summed E-state index contributed by atoms with van der Waals surface area (Å²) in [7, 11) is 0. The average molecular weight is 314 g/mol. The largest absolute Gasteiger partial charge is 0.351 e. The SMILES string of the molecule is O=C(NCCCn1ccnc1)c1cc(Br)cs1. The van der Waals surface area contributed by atoms with Crippen LogP contribution in [-0.2, 0) is 6.54 Å². The summed E-state index contributed by atoms with van der Waals surface area (Å²) in [5.74, 6) is -0.00803. The van der Waals surface area contributed by atoms with Gasteiger partial charge in [-0.05, 0) is 28.4 Å². The minimum atomic E-state index is -0.00803. The van der Waals surface area contributed by atoms with Gasteiger partial charge in [-0.2, -0.15) is 0 Å². The molecule has 0 aliphatic heterocycles. The Labute approximate surface area is 112 Å². The Kier molecular flexibility index (Phi) is 4.33. The zero-order valence-electron chi connectivity index (χ0n) is 9.10. The van der Waals surface area contributed by atoms with Crippen molar-refractivity contribution in [1.82, 2.24) is 14.9 Å². The van der Waals surface area contributed by atoms with Gasteiger partial charge in [0.1, 0.15) is 0 Å². The van der Waals surface area contributed by atoms with Gasteiger partial charge in [-0.25, -0.2) is 4.98 Å². The fourth-order valence-electron chi connectivity index (χ4n) is 1.40. The molecular weight excluding hydrogens is 302 g/mol. The normalized spacial score (nSPS) is 10.4. The molecule has 17 heavy (non-hydrogen) atoms. The summed E-state index contributed by atoms with van der Waals surface area (Å²) in [6.45, 7) is 1.54. The van der Waals surface area contributed by atoms with Crippen molar-refractivity contribution >= 4 is 33.2 Å². The molecule has 0 spiro atoms. The van der Waals surface area contributed by atoms with Crippen LogP contribution in [0.3, 0.4) is 0 Å². The highest BCUT2D eigenvalue weighted by Gasteiger charge is 2.06. The molecule has 0 aliphatic rings. The second kappa shape index (κ2) is 5.97. The van der Waals surface area contributed by atoms with E-state index >= 15 is 0 Å². The van der Waals surface area contributed by atoms with E-state index in [4.69, 9.17) is 0 Å². The highest BCUT2D eigenvalue weighted by Crippen LogP contribution is 2.19. The van der Waals surface area contributed by atoms with Crippen molar-refractivity contribution < 1.29 is 4.79 Å². The molecule has 1 amide bonds. The van der Waals surface area contributed by atoms with Crippen molar-refractivity contribution in [3.63, 3.8) is 0 Å². The molecule has 0 unspecified atom stereocenters. The molecular formula is C11H12BrN3OS. The molecule has 2 heterocycles. The number of imidazole rings is 1. The van der Waals surface area contributed by atoms with Gasteiger partial charge < -0.3 is 9.88 Å². The van der Waals surface area contributed by atoms with Crippen LogP contribution in [0.25, 0.3) is 0 Å². The molecule has 90 valence electrons. The van der Waals surface area contributed by atoms with Crippen LogP contribution in [0.1, 0.15) is 16.1 Å². The van der Waals surface area contributed by atoms with Gasteiger partial charge in [0.15, 0.2) is 0 Å². The Morgan fingerprint density at radius 3 is 3.12 bits per heavy atom. The molecule has 0 radical (unpaired) electrons. The second-order valence-electron chi connectivity index (χ2n) is 3.54. The van der Waals surface area contributed by atoms with Gasteiger partial charge in [0, 0.05) is 35.3 Å². The molecule has 2 rings (SSSR count). The fraction of sp³-hybridized carbons (Fsp3) is 0.273. The third-order valence-corrected chi connectivity index (χ3v) is 3.92. The molecule has 0 fully saturated rings. The van der Waals surface area contributed by atoms with Gasteiger partial charge in [-0.3, -0.25) is 4.79 Å². The van der Waals surface area contributed by atoms with Crippen LogP contribution in [0.5, 0.6) is 0 Å². The summed E-state index contributed by atoms with van der Waals surface area (Å²) in [6.07, 6.45) is 6.34. The van der Waals surface area contributed by atoms with Crippen LogP contribution >= 0.6 is 27.3 Å². The number of rotatable bonds is 5. The highest BCUT2D eigenvalue weighted by molar-refractivity contribution is 9.10. The predicted octanol–water partition coefficient (Wildman–Crippen LogP) is 2.53. The van der Waals surface area contributed by atoms with Gasteiger partial charge in [0.2, 0.25) is 0 Å². The van der Waals surface area contributed by atoms with E-state index in [0.29, 0.717) is 6.54 Å². The number of aromatic nitrogens is 2. The first-order chi connectivity index (χ1) is 8.25. The quantitative estimate of drug-likeness (QED) is 0.862. The zero-order chi connectivity index (χ0) is 12.1. The van der Waals surface area contributed by atoms with E-state index in [2.05, 4.69) is 26.2 Å². The standard InChI is InChI=1S/C11H12BrN3OS/c12-9-6-10(17-7-9)11(16)14-2-1-4-15-5-3-13-8-15/h3,5-8H,1-2,4H2,(H,14,16). The van der Waals surface area contributed by atoms with Gasteiger partial charge in [0.25, 0.3) is 5.91 Å². The maximum absolute atomic E-state index is 11.7. The summed E-state index contributed by atoms with van der Waals surface area (Å²) < 4.78 is 2.94. The van der Waals surface area contributed by atoms with E-state index in [-0.39, 0.29) is 5.91 Å². The summed E-state index contributed by atoms with van der Waals surface area (Å²) in [6, 6.07) is 1.83. The van der Waals surface area contributed by atoms with E-state index in [1.807, 2.05) is 22.2 Å². The number of amides is 1. The molecule has 2 aromatic heterocycles. The van der Waals surface area contributed by atoms with Crippen molar-refractivity contribution in [3.05, 3.63) is 39.5 Å². The van der Waals surface area contributed by atoms with Crippen molar-refractivity contribution in [1.29, 1.82) is 0 Å². The summed E-state index contributed by atoms with van der Waals surface area (Å²) in [5, 5.41) is 4.79. The van der Waals surface area contributed by atoms with Crippen molar-refractivity contribution in [3.8, 4) is 0 Å². The van der Waals surface area contributed by atoms with Crippen LogP contribution in [-0.4, -0.2) is 22.0 Å². The van der Waals surface area contributed by atoms with E-state index in [0.717, 1.165) is 22.3 Å². The van der Waals surface area contributed by atoms with Crippen LogP contribution in [0.4, 0.5) is 0 Å². The van der Waals surface area contributed by atoms with Gasteiger partial charge in [-0.1, -0.05) is 0 Å². The summed E-state index contributed by atoms with van der Waals surface area (Å²) in [4.78, 5) is 16.4. The van der Waals surface area contributed by atoms with Gasteiger partial charge in [-0.15, -0.1) is 11.3 Å². The minimum Gasteiger partial charge on any atom is -0.351 e.